The van der Waals surface area contributed by atoms with E-state index in [2.05, 4.69) is 16.7 Å². The van der Waals surface area contributed by atoms with Crippen molar-refractivity contribution in [1.82, 2.24) is 5.32 Å². The molecule has 0 heterocycles. The van der Waals surface area contributed by atoms with Crippen LogP contribution >= 0.6 is 0 Å². The Balaban J connectivity index is 1.71. The van der Waals surface area contributed by atoms with Gasteiger partial charge in [0.1, 0.15) is 0 Å². The molecule has 1 aliphatic rings. The van der Waals surface area contributed by atoms with Gasteiger partial charge < -0.3 is 10.6 Å². The number of rotatable bonds is 4. The maximum atomic E-state index is 12.5. The van der Waals surface area contributed by atoms with Gasteiger partial charge in [0.15, 0.2) is 0 Å². The highest BCUT2D eigenvalue weighted by Crippen LogP contribution is 2.23. The Hall–Kier alpha value is -2.62. The summed E-state index contributed by atoms with van der Waals surface area (Å²) in [7, 11) is 0. The van der Waals surface area contributed by atoms with E-state index in [1.807, 2.05) is 43.3 Å². The molecule has 0 bridgehead atoms. The minimum Gasteiger partial charge on any atom is -0.346 e. The predicted octanol–water partition coefficient (Wildman–Crippen LogP) is 3.62. The summed E-state index contributed by atoms with van der Waals surface area (Å²) in [6.07, 6.45) is 3.35. The van der Waals surface area contributed by atoms with E-state index in [1.165, 1.54) is 24.5 Å². The monoisotopic (exact) mass is 322 g/mol. The highest BCUT2D eigenvalue weighted by molar-refractivity contribution is 5.94. The van der Waals surface area contributed by atoms with Crippen LogP contribution in [0.25, 0.3) is 0 Å². The molecule has 4 heteroatoms. The fourth-order valence-corrected chi connectivity index (χ4v) is 3.17. The molecule has 0 saturated heterocycles. The van der Waals surface area contributed by atoms with Crippen LogP contribution in [0.3, 0.4) is 0 Å². The first kappa shape index (κ1) is 16.2. The van der Waals surface area contributed by atoms with E-state index in [1.54, 1.807) is 0 Å². The largest absolute Gasteiger partial charge is 0.346 e. The van der Waals surface area contributed by atoms with Crippen molar-refractivity contribution in [2.24, 2.45) is 0 Å². The second kappa shape index (κ2) is 6.87. The molecule has 0 spiro atoms. The first-order valence-corrected chi connectivity index (χ1v) is 8.33. The average Bonchev–Trinajstić information content (AvgIpc) is 3.02. The van der Waals surface area contributed by atoms with E-state index in [4.69, 9.17) is 0 Å². The number of nitrogens with one attached hydrogen (secondary N) is 2. The lowest BCUT2D eigenvalue weighted by atomic mass is 10.0. The van der Waals surface area contributed by atoms with Crippen LogP contribution in [0.15, 0.2) is 42.5 Å². The topological polar surface area (TPSA) is 58.2 Å². The van der Waals surface area contributed by atoms with Gasteiger partial charge in [0.05, 0.1) is 6.04 Å². The van der Waals surface area contributed by atoms with Crippen LogP contribution in [0.4, 0.5) is 5.69 Å². The molecule has 0 aliphatic heterocycles. The number of fused-ring (bicyclic) bond motifs is 1. The number of amides is 2. The maximum absolute atomic E-state index is 12.5. The van der Waals surface area contributed by atoms with Crippen molar-refractivity contribution in [3.05, 3.63) is 64.7 Å². The molecule has 0 radical (unpaired) electrons. The smallest absolute Gasteiger partial charge is 0.251 e. The lowest BCUT2D eigenvalue weighted by Crippen LogP contribution is -2.26. The molecule has 2 aromatic rings. The van der Waals surface area contributed by atoms with E-state index >= 15 is 0 Å². The van der Waals surface area contributed by atoms with E-state index < -0.39 is 0 Å². The Labute approximate surface area is 142 Å². The third kappa shape index (κ3) is 3.65. The Morgan fingerprint density at radius 1 is 1.04 bits per heavy atom. The summed E-state index contributed by atoms with van der Waals surface area (Å²) >= 11 is 0. The van der Waals surface area contributed by atoms with Crippen molar-refractivity contribution in [2.75, 3.05) is 5.32 Å². The molecule has 0 saturated carbocycles. The molecule has 3 rings (SSSR count). The van der Waals surface area contributed by atoms with Gasteiger partial charge in [-0.1, -0.05) is 18.2 Å². The van der Waals surface area contributed by atoms with Crippen molar-refractivity contribution in [2.45, 2.75) is 39.2 Å². The normalized spacial score (nSPS) is 13.9. The van der Waals surface area contributed by atoms with Crippen LogP contribution in [0.1, 0.15) is 53.4 Å². The summed E-state index contributed by atoms with van der Waals surface area (Å²) in [4.78, 5) is 23.7. The molecule has 1 aliphatic carbocycles. The summed E-state index contributed by atoms with van der Waals surface area (Å²) in [6, 6.07) is 13.4. The highest BCUT2D eigenvalue weighted by atomic mass is 16.2. The molecule has 0 aromatic heterocycles. The number of benzene rings is 2. The van der Waals surface area contributed by atoms with Crippen molar-refractivity contribution in [3.63, 3.8) is 0 Å². The van der Waals surface area contributed by atoms with Crippen molar-refractivity contribution in [1.29, 1.82) is 0 Å². The second-order valence-corrected chi connectivity index (χ2v) is 6.34. The molecule has 124 valence electrons. The number of aryl methyl sites for hydroxylation is 2. The van der Waals surface area contributed by atoms with Gasteiger partial charge in [0.25, 0.3) is 5.91 Å². The lowest BCUT2D eigenvalue weighted by molar-refractivity contribution is -0.114. The maximum Gasteiger partial charge on any atom is 0.251 e. The fourth-order valence-electron chi connectivity index (χ4n) is 3.17. The van der Waals surface area contributed by atoms with Crippen molar-refractivity contribution < 1.29 is 9.59 Å². The van der Waals surface area contributed by atoms with E-state index in [-0.39, 0.29) is 17.9 Å². The SMILES string of the molecule is CC(=O)Nc1cccc(C(C)NC(=O)c2ccc3c(c2)CCC3)c1. The van der Waals surface area contributed by atoms with Crippen LogP contribution < -0.4 is 10.6 Å². The van der Waals surface area contributed by atoms with Crippen LogP contribution in [-0.4, -0.2) is 11.8 Å². The molecule has 1 unspecified atom stereocenters. The van der Waals surface area contributed by atoms with E-state index in [9.17, 15) is 9.59 Å². The fraction of sp³-hybridized carbons (Fsp3) is 0.300. The molecular formula is C20H22N2O2. The van der Waals surface area contributed by atoms with Crippen molar-refractivity contribution >= 4 is 17.5 Å². The van der Waals surface area contributed by atoms with E-state index in [0.29, 0.717) is 5.56 Å². The standard InChI is InChI=1S/C20H22N2O2/c1-13(16-6-4-8-19(12-16)22-14(2)23)21-20(24)18-10-9-15-5-3-7-17(15)11-18/h4,6,8-13H,3,5,7H2,1-2H3,(H,21,24)(H,22,23). The number of hydrogen-bond donors (Lipinski definition) is 2. The van der Waals surface area contributed by atoms with Gasteiger partial charge in [-0.3, -0.25) is 9.59 Å². The number of anilines is 1. The molecule has 4 nitrogen and oxygen atoms in total. The zero-order chi connectivity index (χ0) is 17.1. The summed E-state index contributed by atoms with van der Waals surface area (Å²) < 4.78 is 0. The third-order valence-electron chi connectivity index (χ3n) is 4.42. The van der Waals surface area contributed by atoms with Gasteiger partial charge in [0.2, 0.25) is 5.91 Å². The molecule has 24 heavy (non-hydrogen) atoms. The highest BCUT2D eigenvalue weighted by Gasteiger charge is 2.16. The molecule has 1 atom stereocenters. The van der Waals surface area contributed by atoms with Crippen LogP contribution in [0.2, 0.25) is 0 Å². The summed E-state index contributed by atoms with van der Waals surface area (Å²) in [5.74, 6) is -0.177. The number of hydrogen-bond acceptors (Lipinski definition) is 2. The Morgan fingerprint density at radius 3 is 2.62 bits per heavy atom. The Morgan fingerprint density at radius 2 is 1.83 bits per heavy atom. The van der Waals surface area contributed by atoms with Crippen LogP contribution in [0, 0.1) is 0 Å². The molecule has 2 N–H and O–H groups in total. The van der Waals surface area contributed by atoms with Gasteiger partial charge in [0, 0.05) is 18.2 Å². The number of carbonyl (C=O) groups excluding carboxylic acids is 2. The predicted molar refractivity (Wildman–Crippen MR) is 95.1 cm³/mol. The minimum atomic E-state index is -0.139. The zero-order valence-corrected chi connectivity index (χ0v) is 14.1. The van der Waals surface area contributed by atoms with E-state index in [0.717, 1.165) is 24.1 Å². The van der Waals surface area contributed by atoms with Gasteiger partial charge in [-0.05, 0) is 67.1 Å². The Kier molecular flexibility index (Phi) is 4.65. The minimum absolute atomic E-state index is 0.0675. The molecular weight excluding hydrogens is 300 g/mol. The molecule has 0 fully saturated rings. The molecule has 2 amide bonds. The zero-order valence-electron chi connectivity index (χ0n) is 14.1. The Bertz CT molecular complexity index is 783. The third-order valence-corrected chi connectivity index (χ3v) is 4.42. The van der Waals surface area contributed by atoms with Gasteiger partial charge in [-0.25, -0.2) is 0 Å². The summed E-state index contributed by atoms with van der Waals surface area (Å²) in [5, 5.41) is 5.79. The number of carbonyl (C=O) groups is 2. The van der Waals surface area contributed by atoms with Gasteiger partial charge >= 0.3 is 0 Å². The first-order chi connectivity index (χ1) is 11.5. The summed E-state index contributed by atoms with van der Waals surface area (Å²) in [5.41, 5.74) is 5.06. The first-order valence-electron chi connectivity index (χ1n) is 8.33. The summed E-state index contributed by atoms with van der Waals surface area (Å²) in [6.45, 7) is 3.42. The molecule has 2 aromatic carbocycles. The average molecular weight is 322 g/mol. The van der Waals surface area contributed by atoms with Crippen LogP contribution in [-0.2, 0) is 17.6 Å². The second-order valence-electron chi connectivity index (χ2n) is 6.34. The van der Waals surface area contributed by atoms with Gasteiger partial charge in [-0.2, -0.15) is 0 Å². The van der Waals surface area contributed by atoms with Crippen molar-refractivity contribution in [3.8, 4) is 0 Å². The lowest BCUT2D eigenvalue weighted by Gasteiger charge is -2.16. The van der Waals surface area contributed by atoms with Crippen LogP contribution in [0.5, 0.6) is 0 Å². The quantitative estimate of drug-likeness (QED) is 0.903. The van der Waals surface area contributed by atoms with Gasteiger partial charge in [-0.15, -0.1) is 0 Å².